The van der Waals surface area contributed by atoms with Crippen LogP contribution in [-0.4, -0.2) is 28.6 Å². The van der Waals surface area contributed by atoms with Gasteiger partial charge in [0.15, 0.2) is 5.58 Å². The fourth-order valence-corrected chi connectivity index (χ4v) is 2.89. The summed E-state index contributed by atoms with van der Waals surface area (Å²) in [6.07, 6.45) is -0.581. The molecule has 0 aliphatic carbocycles. The van der Waals surface area contributed by atoms with Gasteiger partial charge in [0.1, 0.15) is 5.52 Å². The van der Waals surface area contributed by atoms with Crippen molar-refractivity contribution in [3.63, 3.8) is 0 Å². The zero-order valence-corrected chi connectivity index (χ0v) is 13.9. The Morgan fingerprint density at radius 3 is 2.74 bits per heavy atom. The molecule has 23 heavy (non-hydrogen) atoms. The largest absolute Gasteiger partial charge is 0.431 e. The Labute approximate surface area is 143 Å². The van der Waals surface area contributed by atoms with Gasteiger partial charge in [0.2, 0.25) is 0 Å². The number of thioether (sulfide) groups is 1. The van der Waals surface area contributed by atoms with Gasteiger partial charge in [-0.2, -0.15) is 0 Å². The Morgan fingerprint density at radius 2 is 1.96 bits per heavy atom. The molecule has 0 bridgehead atoms. The summed E-state index contributed by atoms with van der Waals surface area (Å²) in [5, 5.41) is 11.2. The number of para-hydroxylation sites is 2. The van der Waals surface area contributed by atoms with Crippen molar-refractivity contribution in [1.82, 2.24) is 4.98 Å². The van der Waals surface area contributed by atoms with Crippen LogP contribution < -0.4 is 0 Å². The van der Waals surface area contributed by atoms with E-state index in [-0.39, 0.29) is 6.61 Å². The topological polar surface area (TPSA) is 55.5 Å². The Morgan fingerprint density at radius 1 is 1.17 bits per heavy atom. The SMILES string of the molecule is O[C@@H](COCc1ccc(Cl)cc1)CSc1nc2ccccc2o1. The molecule has 1 atom stereocenters. The van der Waals surface area contributed by atoms with E-state index in [4.69, 9.17) is 20.8 Å². The van der Waals surface area contributed by atoms with E-state index in [1.54, 1.807) is 0 Å². The van der Waals surface area contributed by atoms with Gasteiger partial charge >= 0.3 is 0 Å². The highest BCUT2D eigenvalue weighted by molar-refractivity contribution is 7.99. The monoisotopic (exact) mass is 349 g/mol. The fraction of sp³-hybridized carbons (Fsp3) is 0.235. The van der Waals surface area contributed by atoms with Crippen LogP contribution in [0.2, 0.25) is 5.02 Å². The van der Waals surface area contributed by atoms with Gasteiger partial charge in [-0.3, -0.25) is 0 Å². The van der Waals surface area contributed by atoms with E-state index in [1.165, 1.54) is 11.8 Å². The molecule has 0 saturated heterocycles. The second-order valence-electron chi connectivity index (χ2n) is 5.05. The average molecular weight is 350 g/mol. The van der Waals surface area contributed by atoms with E-state index in [0.29, 0.717) is 22.6 Å². The summed E-state index contributed by atoms with van der Waals surface area (Å²) < 4.78 is 11.1. The minimum Gasteiger partial charge on any atom is -0.431 e. The molecule has 1 N–H and O–H groups in total. The molecular formula is C17H16ClNO3S. The highest BCUT2D eigenvalue weighted by atomic mass is 35.5. The third-order valence-electron chi connectivity index (χ3n) is 3.17. The maximum absolute atomic E-state index is 9.97. The quantitative estimate of drug-likeness (QED) is 0.649. The lowest BCUT2D eigenvalue weighted by molar-refractivity contribution is 0.0397. The molecule has 0 radical (unpaired) electrons. The van der Waals surface area contributed by atoms with Crippen LogP contribution >= 0.6 is 23.4 Å². The molecule has 6 heteroatoms. The molecule has 0 spiro atoms. The van der Waals surface area contributed by atoms with Crippen LogP contribution in [-0.2, 0) is 11.3 Å². The number of aliphatic hydroxyl groups excluding tert-OH is 1. The maximum atomic E-state index is 9.97. The van der Waals surface area contributed by atoms with Crippen LogP contribution in [0.25, 0.3) is 11.1 Å². The minimum atomic E-state index is -0.581. The summed E-state index contributed by atoms with van der Waals surface area (Å²) >= 11 is 7.20. The van der Waals surface area contributed by atoms with Crippen LogP contribution in [0.1, 0.15) is 5.56 Å². The number of ether oxygens (including phenoxy) is 1. The molecule has 4 nitrogen and oxygen atoms in total. The van der Waals surface area contributed by atoms with Gasteiger partial charge < -0.3 is 14.3 Å². The molecule has 120 valence electrons. The summed E-state index contributed by atoms with van der Waals surface area (Å²) in [7, 11) is 0. The zero-order valence-electron chi connectivity index (χ0n) is 12.3. The first-order chi connectivity index (χ1) is 11.2. The van der Waals surface area contributed by atoms with Crippen molar-refractivity contribution in [1.29, 1.82) is 0 Å². The van der Waals surface area contributed by atoms with Crippen molar-refractivity contribution in [2.45, 2.75) is 17.9 Å². The van der Waals surface area contributed by atoms with Gasteiger partial charge in [-0.1, -0.05) is 47.6 Å². The number of oxazole rings is 1. The first-order valence-electron chi connectivity index (χ1n) is 7.19. The molecule has 0 unspecified atom stereocenters. The van der Waals surface area contributed by atoms with E-state index in [0.717, 1.165) is 16.7 Å². The number of rotatable bonds is 7. The Kier molecular flexibility index (Phi) is 5.56. The smallest absolute Gasteiger partial charge is 0.256 e. The summed E-state index contributed by atoms with van der Waals surface area (Å²) in [4.78, 5) is 4.35. The third-order valence-corrected chi connectivity index (χ3v) is 4.39. The van der Waals surface area contributed by atoms with Crippen molar-refractivity contribution >= 4 is 34.5 Å². The van der Waals surface area contributed by atoms with E-state index >= 15 is 0 Å². The number of hydrogen-bond donors (Lipinski definition) is 1. The Balaban J connectivity index is 1.42. The second kappa shape index (κ2) is 7.84. The molecule has 0 amide bonds. The molecule has 0 aliphatic rings. The number of fused-ring (bicyclic) bond motifs is 1. The first-order valence-corrected chi connectivity index (χ1v) is 8.56. The molecule has 3 rings (SSSR count). The Bertz CT molecular complexity index is 727. The van der Waals surface area contributed by atoms with Crippen LogP contribution in [0.4, 0.5) is 0 Å². The molecule has 1 aromatic heterocycles. The van der Waals surface area contributed by atoms with E-state index in [1.807, 2.05) is 48.5 Å². The van der Waals surface area contributed by atoms with Gasteiger partial charge in [0, 0.05) is 10.8 Å². The molecule has 0 fully saturated rings. The zero-order chi connectivity index (χ0) is 16.1. The third kappa shape index (κ3) is 4.72. The predicted octanol–water partition coefficient (Wildman–Crippen LogP) is 4.15. The lowest BCUT2D eigenvalue weighted by Gasteiger charge is -2.10. The van der Waals surface area contributed by atoms with Crippen molar-refractivity contribution < 1.29 is 14.3 Å². The lowest BCUT2D eigenvalue weighted by Crippen LogP contribution is -2.17. The first kappa shape index (κ1) is 16.3. The lowest BCUT2D eigenvalue weighted by atomic mass is 10.2. The fourth-order valence-electron chi connectivity index (χ4n) is 2.02. The number of halogens is 1. The summed E-state index contributed by atoms with van der Waals surface area (Å²) in [6, 6.07) is 15.0. The predicted molar refractivity (Wildman–Crippen MR) is 91.8 cm³/mol. The normalized spacial score (nSPS) is 12.6. The Hall–Kier alpha value is -1.53. The number of nitrogens with zero attached hydrogens (tertiary/aromatic N) is 1. The van der Waals surface area contributed by atoms with Gasteiger partial charge in [-0.25, -0.2) is 4.98 Å². The second-order valence-corrected chi connectivity index (χ2v) is 6.46. The summed E-state index contributed by atoms with van der Waals surface area (Å²) in [5.41, 5.74) is 2.60. The van der Waals surface area contributed by atoms with Gasteiger partial charge in [0.25, 0.3) is 5.22 Å². The van der Waals surface area contributed by atoms with E-state index in [2.05, 4.69) is 4.98 Å². The molecule has 0 saturated carbocycles. The molecule has 0 aliphatic heterocycles. The van der Waals surface area contributed by atoms with Crippen molar-refractivity contribution in [3.8, 4) is 0 Å². The van der Waals surface area contributed by atoms with Crippen molar-refractivity contribution in [3.05, 3.63) is 59.1 Å². The highest BCUT2D eigenvalue weighted by Crippen LogP contribution is 2.23. The average Bonchev–Trinajstić information content (AvgIpc) is 2.98. The molecule has 1 heterocycles. The van der Waals surface area contributed by atoms with Crippen LogP contribution in [0, 0.1) is 0 Å². The van der Waals surface area contributed by atoms with E-state index < -0.39 is 6.10 Å². The number of aromatic nitrogens is 1. The number of aliphatic hydroxyl groups is 1. The van der Waals surface area contributed by atoms with Crippen LogP contribution in [0.15, 0.2) is 58.2 Å². The highest BCUT2D eigenvalue weighted by Gasteiger charge is 2.10. The van der Waals surface area contributed by atoms with E-state index in [9.17, 15) is 5.11 Å². The van der Waals surface area contributed by atoms with Gasteiger partial charge in [-0.15, -0.1) is 0 Å². The van der Waals surface area contributed by atoms with Crippen LogP contribution in [0.5, 0.6) is 0 Å². The standard InChI is InChI=1S/C17H16ClNO3S/c18-13-7-5-12(6-8-13)9-21-10-14(20)11-23-17-19-15-3-1-2-4-16(15)22-17/h1-8,14,20H,9-11H2/t14-/m0/s1. The maximum Gasteiger partial charge on any atom is 0.256 e. The minimum absolute atomic E-state index is 0.260. The molecular weight excluding hydrogens is 334 g/mol. The summed E-state index contributed by atoms with van der Waals surface area (Å²) in [5.74, 6) is 0.466. The number of benzene rings is 2. The van der Waals surface area contributed by atoms with Gasteiger partial charge in [-0.05, 0) is 29.8 Å². The van der Waals surface area contributed by atoms with Crippen molar-refractivity contribution in [2.75, 3.05) is 12.4 Å². The van der Waals surface area contributed by atoms with Gasteiger partial charge in [0.05, 0.1) is 19.3 Å². The number of hydrogen-bond acceptors (Lipinski definition) is 5. The van der Waals surface area contributed by atoms with Crippen molar-refractivity contribution in [2.24, 2.45) is 0 Å². The molecule has 3 aromatic rings. The summed E-state index contributed by atoms with van der Waals surface area (Å²) in [6.45, 7) is 0.706. The van der Waals surface area contributed by atoms with Crippen LogP contribution in [0.3, 0.4) is 0 Å². The molecule has 2 aromatic carbocycles.